The number of hydrogen-bond acceptors (Lipinski definition) is 6. The first kappa shape index (κ1) is 17.4. The number of hydrogen-bond donors (Lipinski definition) is 0. The fraction of sp³-hybridized carbons (Fsp3) is 0.733. The van der Waals surface area contributed by atoms with Crippen LogP contribution in [-0.4, -0.2) is 73.2 Å². The van der Waals surface area contributed by atoms with Gasteiger partial charge in [-0.2, -0.15) is 4.31 Å². The van der Waals surface area contributed by atoms with Crippen LogP contribution in [-0.2, 0) is 14.8 Å². The second-order valence-electron chi connectivity index (χ2n) is 6.36. The number of likely N-dealkylation sites (tertiary alicyclic amines) is 1. The van der Waals surface area contributed by atoms with Gasteiger partial charge in [-0.05, 0) is 25.7 Å². The molecule has 1 unspecified atom stereocenters. The number of nitrogens with zero attached hydrogens (tertiary/aromatic N) is 3. The highest BCUT2D eigenvalue weighted by Gasteiger charge is 2.38. The van der Waals surface area contributed by atoms with Gasteiger partial charge in [-0.15, -0.1) is 0 Å². The third kappa shape index (κ3) is 3.79. The lowest BCUT2D eigenvalue weighted by Crippen LogP contribution is -2.55. The van der Waals surface area contributed by atoms with Crippen LogP contribution >= 0.6 is 0 Å². The summed E-state index contributed by atoms with van der Waals surface area (Å²) in [6, 6.07) is -0.256. The molecular formula is C15H23N3O5S. The molecule has 0 aromatic carbocycles. The summed E-state index contributed by atoms with van der Waals surface area (Å²) in [5, 5.41) is 0. The minimum absolute atomic E-state index is 0.0548. The molecule has 0 saturated carbocycles. The lowest BCUT2D eigenvalue weighted by molar-refractivity contribution is 0.0341. The number of oxazole rings is 1. The number of piperidine rings is 1. The standard InChI is InChI=1S/C15H23N3O5S/c1-24(20,21)18(12-4-7-22-8-5-12)13-3-2-6-17(9-13)15(19)14-10-23-11-16-14/h10-13H,2-9H2,1H3. The lowest BCUT2D eigenvalue weighted by atomic mass is 10.0. The summed E-state index contributed by atoms with van der Waals surface area (Å²) in [5.74, 6) is -0.214. The SMILES string of the molecule is CS(=O)(=O)N(C1CCOCC1)C1CCCN(C(=O)c2cocn2)C1. The molecule has 0 N–H and O–H groups in total. The van der Waals surface area contributed by atoms with Gasteiger partial charge in [-0.1, -0.05) is 0 Å². The summed E-state index contributed by atoms with van der Waals surface area (Å²) in [6.45, 7) is 2.14. The Bertz CT molecular complexity index is 655. The molecule has 1 aromatic heterocycles. The Morgan fingerprint density at radius 1 is 1.29 bits per heavy atom. The number of carbonyl (C=O) groups excluding carboxylic acids is 1. The maximum absolute atomic E-state index is 12.5. The molecule has 2 aliphatic rings. The van der Waals surface area contributed by atoms with Gasteiger partial charge < -0.3 is 14.1 Å². The van der Waals surface area contributed by atoms with Gasteiger partial charge in [0.25, 0.3) is 5.91 Å². The Morgan fingerprint density at radius 3 is 2.67 bits per heavy atom. The van der Waals surface area contributed by atoms with Crippen LogP contribution in [0.15, 0.2) is 17.1 Å². The van der Waals surface area contributed by atoms with Crippen LogP contribution < -0.4 is 0 Å². The second-order valence-corrected chi connectivity index (χ2v) is 8.25. The van der Waals surface area contributed by atoms with Gasteiger partial charge in [0.15, 0.2) is 12.1 Å². The normalized spacial score (nSPS) is 23.6. The fourth-order valence-corrected chi connectivity index (χ4v) is 5.07. The highest BCUT2D eigenvalue weighted by molar-refractivity contribution is 7.88. The minimum atomic E-state index is -3.36. The molecule has 0 bridgehead atoms. The van der Waals surface area contributed by atoms with E-state index in [1.807, 2.05) is 0 Å². The number of ether oxygens (including phenoxy) is 1. The van der Waals surface area contributed by atoms with Crippen molar-refractivity contribution in [1.82, 2.24) is 14.2 Å². The summed E-state index contributed by atoms with van der Waals surface area (Å²) in [6.07, 6.45) is 6.71. The number of sulfonamides is 1. The van der Waals surface area contributed by atoms with Crippen molar-refractivity contribution in [2.75, 3.05) is 32.6 Å². The molecule has 2 aliphatic heterocycles. The van der Waals surface area contributed by atoms with Crippen molar-refractivity contribution in [2.24, 2.45) is 0 Å². The third-order valence-corrected chi connectivity index (χ3v) is 5.99. The Labute approximate surface area is 141 Å². The smallest absolute Gasteiger partial charge is 0.275 e. The van der Waals surface area contributed by atoms with E-state index in [9.17, 15) is 13.2 Å². The zero-order valence-electron chi connectivity index (χ0n) is 13.8. The van der Waals surface area contributed by atoms with Gasteiger partial charge >= 0.3 is 0 Å². The van der Waals surface area contributed by atoms with Gasteiger partial charge in [-0.25, -0.2) is 13.4 Å². The molecule has 1 aromatic rings. The zero-order valence-corrected chi connectivity index (χ0v) is 14.6. The Kier molecular flexibility index (Phi) is 5.21. The van der Waals surface area contributed by atoms with Crippen LogP contribution in [0.1, 0.15) is 36.2 Å². The van der Waals surface area contributed by atoms with E-state index in [0.717, 1.165) is 12.8 Å². The minimum Gasteiger partial charge on any atom is -0.451 e. The van der Waals surface area contributed by atoms with Gasteiger partial charge in [0, 0.05) is 38.4 Å². The number of carbonyl (C=O) groups is 1. The Balaban J connectivity index is 1.76. The first-order valence-corrected chi connectivity index (χ1v) is 10.1. The van der Waals surface area contributed by atoms with Crippen molar-refractivity contribution in [1.29, 1.82) is 0 Å². The number of amides is 1. The summed E-state index contributed by atoms with van der Waals surface area (Å²) in [7, 11) is -3.36. The topological polar surface area (TPSA) is 93.0 Å². The fourth-order valence-electron chi connectivity index (χ4n) is 3.61. The van der Waals surface area contributed by atoms with E-state index in [1.54, 1.807) is 9.21 Å². The zero-order chi connectivity index (χ0) is 17.2. The quantitative estimate of drug-likeness (QED) is 0.788. The Morgan fingerprint density at radius 2 is 2.04 bits per heavy atom. The van der Waals surface area contributed by atoms with Crippen LogP contribution in [0.25, 0.3) is 0 Å². The molecule has 8 nitrogen and oxygen atoms in total. The molecule has 24 heavy (non-hydrogen) atoms. The van der Waals surface area contributed by atoms with Crippen LogP contribution in [0.4, 0.5) is 0 Å². The van der Waals surface area contributed by atoms with E-state index in [-0.39, 0.29) is 23.7 Å². The highest BCUT2D eigenvalue weighted by atomic mass is 32.2. The van der Waals surface area contributed by atoms with Gasteiger partial charge in [0.05, 0.1) is 6.26 Å². The van der Waals surface area contributed by atoms with Crippen molar-refractivity contribution in [3.05, 3.63) is 18.4 Å². The Hall–Kier alpha value is -1.45. The number of aromatic nitrogens is 1. The molecule has 2 saturated heterocycles. The van der Waals surface area contributed by atoms with Gasteiger partial charge in [0.1, 0.15) is 6.26 Å². The first-order chi connectivity index (χ1) is 11.5. The van der Waals surface area contributed by atoms with E-state index < -0.39 is 10.0 Å². The van der Waals surface area contributed by atoms with Crippen molar-refractivity contribution in [3.8, 4) is 0 Å². The van der Waals surface area contributed by atoms with Crippen LogP contribution in [0.3, 0.4) is 0 Å². The molecule has 134 valence electrons. The maximum Gasteiger partial charge on any atom is 0.275 e. The molecule has 0 radical (unpaired) electrons. The summed E-state index contributed by atoms with van der Waals surface area (Å²) >= 11 is 0. The van der Waals surface area contributed by atoms with Crippen molar-refractivity contribution < 1.29 is 22.4 Å². The summed E-state index contributed by atoms with van der Waals surface area (Å²) < 4.78 is 36.6. The lowest BCUT2D eigenvalue weighted by Gasteiger charge is -2.42. The maximum atomic E-state index is 12.5. The van der Waals surface area contributed by atoms with Crippen LogP contribution in [0, 0.1) is 0 Å². The van der Waals surface area contributed by atoms with E-state index in [0.29, 0.717) is 39.1 Å². The monoisotopic (exact) mass is 357 g/mol. The molecular weight excluding hydrogens is 334 g/mol. The van der Waals surface area contributed by atoms with Crippen molar-refractivity contribution in [2.45, 2.75) is 37.8 Å². The van der Waals surface area contributed by atoms with Gasteiger partial charge in [-0.3, -0.25) is 4.79 Å². The predicted octanol–water partition coefficient (Wildman–Crippen LogP) is 0.720. The van der Waals surface area contributed by atoms with Crippen molar-refractivity contribution in [3.63, 3.8) is 0 Å². The second kappa shape index (κ2) is 7.20. The van der Waals surface area contributed by atoms with E-state index >= 15 is 0 Å². The average molecular weight is 357 g/mol. The molecule has 3 rings (SSSR count). The van der Waals surface area contributed by atoms with E-state index in [2.05, 4.69) is 4.98 Å². The average Bonchev–Trinajstić information content (AvgIpc) is 3.09. The molecule has 1 amide bonds. The molecule has 3 heterocycles. The molecule has 9 heteroatoms. The molecule has 2 fully saturated rings. The largest absolute Gasteiger partial charge is 0.451 e. The van der Waals surface area contributed by atoms with E-state index in [1.165, 1.54) is 18.9 Å². The van der Waals surface area contributed by atoms with E-state index in [4.69, 9.17) is 9.15 Å². The van der Waals surface area contributed by atoms with Gasteiger partial charge in [0.2, 0.25) is 10.0 Å². The molecule has 0 spiro atoms. The predicted molar refractivity (Wildman–Crippen MR) is 86.0 cm³/mol. The molecule has 1 atom stereocenters. The van der Waals surface area contributed by atoms with Crippen molar-refractivity contribution >= 4 is 15.9 Å². The van der Waals surface area contributed by atoms with Crippen LogP contribution in [0.2, 0.25) is 0 Å². The third-order valence-electron chi connectivity index (χ3n) is 4.63. The summed E-state index contributed by atoms with van der Waals surface area (Å²) in [4.78, 5) is 18.0. The number of rotatable bonds is 4. The molecule has 0 aliphatic carbocycles. The first-order valence-electron chi connectivity index (χ1n) is 8.20. The highest BCUT2D eigenvalue weighted by Crippen LogP contribution is 2.26. The van der Waals surface area contributed by atoms with Crippen LogP contribution in [0.5, 0.6) is 0 Å². The summed E-state index contributed by atoms with van der Waals surface area (Å²) in [5.41, 5.74) is 0.257.